The minimum absolute atomic E-state index is 0.215. The molecule has 5 heteroatoms. The van der Waals surface area contributed by atoms with Gasteiger partial charge in [0.05, 0.1) is 12.6 Å². The van der Waals surface area contributed by atoms with Crippen LogP contribution in [0.3, 0.4) is 0 Å². The molecule has 2 N–H and O–H groups in total. The molecule has 102 valence electrons. The topological polar surface area (TPSA) is 41.6 Å². The molecular formula is C15H13F2N3. The Morgan fingerprint density at radius 1 is 1.05 bits per heavy atom. The second kappa shape index (κ2) is 4.92. The molecular weight excluding hydrogens is 260 g/mol. The summed E-state index contributed by atoms with van der Waals surface area (Å²) in [7, 11) is 0. The smallest absolute Gasteiger partial charge is 0.196 e. The molecule has 0 fully saturated rings. The third-order valence-electron chi connectivity index (χ3n) is 3.35. The monoisotopic (exact) mass is 273 g/mol. The highest BCUT2D eigenvalue weighted by atomic mass is 19.2. The van der Waals surface area contributed by atoms with Crippen LogP contribution in [-0.2, 0) is 0 Å². The van der Waals surface area contributed by atoms with Gasteiger partial charge < -0.3 is 10.6 Å². The molecule has 0 amide bonds. The zero-order valence-corrected chi connectivity index (χ0v) is 10.6. The second-order valence-corrected chi connectivity index (χ2v) is 4.59. The van der Waals surface area contributed by atoms with Crippen molar-refractivity contribution in [1.29, 1.82) is 0 Å². The van der Waals surface area contributed by atoms with Crippen molar-refractivity contribution in [3.05, 3.63) is 65.7 Å². The fourth-order valence-electron chi connectivity index (χ4n) is 2.37. The molecule has 3 rings (SSSR count). The highest BCUT2D eigenvalue weighted by Gasteiger charge is 2.29. The molecule has 1 atom stereocenters. The zero-order valence-electron chi connectivity index (χ0n) is 10.6. The van der Waals surface area contributed by atoms with E-state index in [0.717, 1.165) is 11.8 Å². The second-order valence-electron chi connectivity index (χ2n) is 4.59. The van der Waals surface area contributed by atoms with E-state index in [4.69, 9.17) is 5.73 Å². The molecule has 20 heavy (non-hydrogen) atoms. The molecule has 0 spiro atoms. The number of benzene rings is 2. The number of hydrogen-bond acceptors (Lipinski definition) is 3. The van der Waals surface area contributed by atoms with E-state index in [0.29, 0.717) is 18.1 Å². The average Bonchev–Trinajstić information content (AvgIpc) is 2.85. The van der Waals surface area contributed by atoms with Crippen LogP contribution in [0.4, 0.5) is 14.5 Å². The number of hydrogen-bond donors (Lipinski definition) is 1. The van der Waals surface area contributed by atoms with E-state index >= 15 is 0 Å². The predicted molar refractivity (Wildman–Crippen MR) is 74.5 cm³/mol. The van der Waals surface area contributed by atoms with Crippen LogP contribution in [0.5, 0.6) is 0 Å². The summed E-state index contributed by atoms with van der Waals surface area (Å²) in [6.07, 6.45) is 0. The molecule has 1 unspecified atom stereocenters. The van der Waals surface area contributed by atoms with Crippen LogP contribution in [0.15, 0.2) is 53.5 Å². The van der Waals surface area contributed by atoms with Crippen molar-refractivity contribution < 1.29 is 8.78 Å². The predicted octanol–water partition coefficient (Wildman–Crippen LogP) is 2.84. The number of rotatable bonds is 2. The van der Waals surface area contributed by atoms with Gasteiger partial charge in [-0.3, -0.25) is 4.99 Å². The Balaban J connectivity index is 1.99. The number of anilines is 1. The van der Waals surface area contributed by atoms with Crippen LogP contribution < -0.4 is 10.6 Å². The van der Waals surface area contributed by atoms with Gasteiger partial charge in [0.1, 0.15) is 0 Å². The van der Waals surface area contributed by atoms with E-state index in [2.05, 4.69) is 4.99 Å². The lowest BCUT2D eigenvalue weighted by Gasteiger charge is -2.26. The van der Waals surface area contributed by atoms with E-state index in [9.17, 15) is 8.78 Å². The van der Waals surface area contributed by atoms with Gasteiger partial charge in [-0.05, 0) is 29.8 Å². The van der Waals surface area contributed by atoms with Gasteiger partial charge in [0.25, 0.3) is 0 Å². The van der Waals surface area contributed by atoms with Crippen LogP contribution in [0.2, 0.25) is 0 Å². The van der Waals surface area contributed by atoms with Crippen molar-refractivity contribution >= 4 is 11.6 Å². The lowest BCUT2D eigenvalue weighted by Crippen LogP contribution is -2.36. The Bertz CT molecular complexity index is 655. The Hall–Kier alpha value is -2.43. The minimum Gasteiger partial charge on any atom is -0.369 e. The fourth-order valence-corrected chi connectivity index (χ4v) is 2.37. The maximum atomic E-state index is 13.4. The van der Waals surface area contributed by atoms with Crippen molar-refractivity contribution in [3.63, 3.8) is 0 Å². The third-order valence-corrected chi connectivity index (χ3v) is 3.35. The van der Waals surface area contributed by atoms with Gasteiger partial charge in [0.2, 0.25) is 0 Å². The summed E-state index contributed by atoms with van der Waals surface area (Å²) in [5, 5.41) is 0. The maximum Gasteiger partial charge on any atom is 0.196 e. The molecule has 0 radical (unpaired) electrons. The van der Waals surface area contributed by atoms with Gasteiger partial charge in [-0.1, -0.05) is 24.3 Å². The first-order chi connectivity index (χ1) is 9.66. The average molecular weight is 273 g/mol. The van der Waals surface area contributed by atoms with Crippen molar-refractivity contribution in [2.75, 3.05) is 11.4 Å². The number of guanidine groups is 1. The van der Waals surface area contributed by atoms with Crippen molar-refractivity contribution in [3.8, 4) is 0 Å². The highest BCUT2D eigenvalue weighted by Crippen LogP contribution is 2.31. The Morgan fingerprint density at radius 2 is 1.80 bits per heavy atom. The van der Waals surface area contributed by atoms with E-state index in [1.165, 1.54) is 6.07 Å². The van der Waals surface area contributed by atoms with Crippen molar-refractivity contribution in [1.82, 2.24) is 0 Å². The molecule has 0 saturated heterocycles. The summed E-state index contributed by atoms with van der Waals surface area (Å²) >= 11 is 0. The normalized spacial score (nSPS) is 18.2. The van der Waals surface area contributed by atoms with E-state index < -0.39 is 11.6 Å². The SMILES string of the molecule is NC1=NCC(c2ccc(F)c(F)c2)N1c1ccccc1. The minimum atomic E-state index is -0.860. The first-order valence-electron chi connectivity index (χ1n) is 6.26. The molecule has 2 aromatic carbocycles. The molecule has 0 aliphatic carbocycles. The van der Waals surface area contributed by atoms with E-state index in [1.54, 1.807) is 6.07 Å². The highest BCUT2D eigenvalue weighted by molar-refractivity contribution is 5.97. The van der Waals surface area contributed by atoms with Crippen LogP contribution >= 0.6 is 0 Å². The summed E-state index contributed by atoms with van der Waals surface area (Å²) in [5.41, 5.74) is 7.44. The largest absolute Gasteiger partial charge is 0.369 e. The number of halogens is 2. The van der Waals surface area contributed by atoms with Crippen molar-refractivity contribution in [2.45, 2.75) is 6.04 Å². The number of aliphatic imine (C=N–C) groups is 1. The summed E-state index contributed by atoms with van der Waals surface area (Å²) in [6, 6.07) is 13.2. The lowest BCUT2D eigenvalue weighted by molar-refractivity contribution is 0.505. The number of nitrogens with zero attached hydrogens (tertiary/aromatic N) is 2. The lowest BCUT2D eigenvalue weighted by atomic mass is 10.1. The summed E-state index contributed by atoms with van der Waals surface area (Å²) < 4.78 is 26.4. The number of para-hydroxylation sites is 1. The molecule has 2 aromatic rings. The molecule has 1 aliphatic rings. The van der Waals surface area contributed by atoms with Gasteiger partial charge in [-0.25, -0.2) is 8.78 Å². The van der Waals surface area contributed by atoms with Crippen LogP contribution in [0.25, 0.3) is 0 Å². The summed E-state index contributed by atoms with van der Waals surface area (Å²) in [5.74, 6) is -1.33. The Kier molecular flexibility index (Phi) is 3.10. The van der Waals surface area contributed by atoms with Crippen LogP contribution in [-0.4, -0.2) is 12.5 Å². The van der Waals surface area contributed by atoms with Gasteiger partial charge in [0, 0.05) is 5.69 Å². The van der Waals surface area contributed by atoms with Gasteiger partial charge >= 0.3 is 0 Å². The molecule has 1 aliphatic heterocycles. The first kappa shape index (κ1) is 12.6. The Labute approximate surface area is 115 Å². The maximum absolute atomic E-state index is 13.4. The molecule has 3 nitrogen and oxygen atoms in total. The molecule has 0 saturated carbocycles. The van der Waals surface area contributed by atoms with Crippen molar-refractivity contribution in [2.24, 2.45) is 10.7 Å². The fraction of sp³-hybridized carbons (Fsp3) is 0.133. The Morgan fingerprint density at radius 3 is 2.50 bits per heavy atom. The third kappa shape index (κ3) is 2.11. The van der Waals surface area contributed by atoms with E-state index in [1.807, 2.05) is 35.2 Å². The summed E-state index contributed by atoms with van der Waals surface area (Å²) in [4.78, 5) is 6.03. The summed E-state index contributed by atoms with van der Waals surface area (Å²) in [6.45, 7) is 0.422. The van der Waals surface area contributed by atoms with Crippen LogP contribution in [0.1, 0.15) is 11.6 Å². The van der Waals surface area contributed by atoms with Gasteiger partial charge in [-0.2, -0.15) is 0 Å². The molecule has 1 heterocycles. The number of nitrogens with two attached hydrogens (primary N) is 1. The first-order valence-corrected chi connectivity index (χ1v) is 6.26. The molecule has 0 bridgehead atoms. The van der Waals surface area contributed by atoms with Gasteiger partial charge in [0.15, 0.2) is 17.6 Å². The standard InChI is InChI=1S/C15H13F2N3/c16-12-7-6-10(8-13(12)17)14-9-19-15(18)20(14)11-4-2-1-3-5-11/h1-8,14H,9H2,(H2,18,19). The van der Waals surface area contributed by atoms with Gasteiger partial charge in [-0.15, -0.1) is 0 Å². The molecule has 0 aromatic heterocycles. The van der Waals surface area contributed by atoms with Crippen LogP contribution in [0, 0.1) is 11.6 Å². The zero-order chi connectivity index (χ0) is 14.1. The quantitative estimate of drug-likeness (QED) is 0.914. The van der Waals surface area contributed by atoms with E-state index in [-0.39, 0.29) is 6.04 Å².